The summed E-state index contributed by atoms with van der Waals surface area (Å²) in [7, 11) is 1.79. The molecule has 0 bridgehead atoms. The van der Waals surface area contributed by atoms with Gasteiger partial charge in [0.1, 0.15) is 0 Å². The summed E-state index contributed by atoms with van der Waals surface area (Å²) >= 11 is 0. The average molecular weight is 496 g/mol. The minimum atomic E-state index is 0. The van der Waals surface area contributed by atoms with Crippen molar-refractivity contribution < 1.29 is 14.3 Å². The molecular formula is C19H37IN4O3. The standard InChI is InChI=1S/C19H36N4O3.HI/c1-3-10-21-18(24)7-11-22-19(20-2)23-12-8-16(9-13-23)26-15-17-6-4-5-14-25-17;/h16-17H,3-15H2,1-2H3,(H,20,22)(H,21,24);1H. The van der Waals surface area contributed by atoms with Gasteiger partial charge in [-0.05, 0) is 38.5 Å². The summed E-state index contributed by atoms with van der Waals surface area (Å²) in [6, 6.07) is 0. The van der Waals surface area contributed by atoms with Gasteiger partial charge < -0.3 is 25.0 Å². The second-order valence-corrected chi connectivity index (χ2v) is 7.08. The van der Waals surface area contributed by atoms with Gasteiger partial charge in [0.15, 0.2) is 5.96 Å². The van der Waals surface area contributed by atoms with Gasteiger partial charge in [0.05, 0.1) is 18.8 Å². The lowest BCUT2D eigenvalue weighted by atomic mass is 10.1. The van der Waals surface area contributed by atoms with Gasteiger partial charge in [0, 0.05) is 46.3 Å². The van der Waals surface area contributed by atoms with Crippen molar-refractivity contribution >= 4 is 35.8 Å². The second-order valence-electron chi connectivity index (χ2n) is 7.08. The number of guanidine groups is 1. The van der Waals surface area contributed by atoms with Crippen LogP contribution in [0.5, 0.6) is 0 Å². The number of amides is 1. The van der Waals surface area contributed by atoms with Crippen molar-refractivity contribution in [1.29, 1.82) is 0 Å². The van der Waals surface area contributed by atoms with E-state index >= 15 is 0 Å². The monoisotopic (exact) mass is 496 g/mol. The minimum Gasteiger partial charge on any atom is -0.376 e. The van der Waals surface area contributed by atoms with E-state index in [0.29, 0.717) is 19.1 Å². The van der Waals surface area contributed by atoms with E-state index in [2.05, 4.69) is 27.4 Å². The smallest absolute Gasteiger partial charge is 0.221 e. The van der Waals surface area contributed by atoms with Crippen LogP contribution in [0.1, 0.15) is 51.9 Å². The summed E-state index contributed by atoms with van der Waals surface area (Å²) in [5, 5.41) is 6.19. The fourth-order valence-corrected chi connectivity index (χ4v) is 3.39. The molecule has 2 aliphatic rings. The maximum absolute atomic E-state index is 11.7. The average Bonchev–Trinajstić information content (AvgIpc) is 2.69. The van der Waals surface area contributed by atoms with Crippen LogP contribution in [-0.4, -0.2) is 75.4 Å². The van der Waals surface area contributed by atoms with Crippen molar-refractivity contribution in [2.24, 2.45) is 4.99 Å². The van der Waals surface area contributed by atoms with E-state index in [4.69, 9.17) is 9.47 Å². The highest BCUT2D eigenvalue weighted by Crippen LogP contribution is 2.17. The first-order valence-electron chi connectivity index (χ1n) is 10.2. The molecule has 0 aliphatic carbocycles. The molecule has 0 radical (unpaired) electrons. The summed E-state index contributed by atoms with van der Waals surface area (Å²) in [6.45, 7) is 6.87. The van der Waals surface area contributed by atoms with E-state index in [1.165, 1.54) is 12.8 Å². The third-order valence-electron chi connectivity index (χ3n) is 4.95. The molecule has 158 valence electrons. The number of piperidine rings is 1. The topological polar surface area (TPSA) is 75.2 Å². The second kappa shape index (κ2) is 14.4. The predicted octanol–water partition coefficient (Wildman–Crippen LogP) is 2.15. The lowest BCUT2D eigenvalue weighted by Gasteiger charge is -2.35. The quantitative estimate of drug-likeness (QED) is 0.306. The van der Waals surface area contributed by atoms with Gasteiger partial charge in [-0.1, -0.05) is 6.92 Å². The normalized spacial score (nSPS) is 21.5. The van der Waals surface area contributed by atoms with Crippen LogP contribution in [0.2, 0.25) is 0 Å². The number of carbonyl (C=O) groups is 1. The minimum absolute atomic E-state index is 0. The molecule has 0 aromatic carbocycles. The maximum atomic E-state index is 11.7. The Labute approximate surface area is 181 Å². The number of nitrogens with zero attached hydrogens (tertiary/aromatic N) is 2. The van der Waals surface area contributed by atoms with Crippen LogP contribution in [0.3, 0.4) is 0 Å². The third kappa shape index (κ3) is 9.43. The van der Waals surface area contributed by atoms with Crippen molar-refractivity contribution in [3.05, 3.63) is 0 Å². The molecule has 2 rings (SSSR count). The summed E-state index contributed by atoms with van der Waals surface area (Å²) in [6.07, 6.45) is 7.61. The van der Waals surface area contributed by atoms with Crippen LogP contribution >= 0.6 is 24.0 Å². The Morgan fingerprint density at radius 1 is 1.19 bits per heavy atom. The SMILES string of the molecule is CCCNC(=O)CCNC(=NC)N1CCC(OCC2CCCCO2)CC1.I. The molecule has 2 N–H and O–H groups in total. The van der Waals surface area contributed by atoms with Gasteiger partial charge in [-0.25, -0.2) is 0 Å². The van der Waals surface area contributed by atoms with E-state index < -0.39 is 0 Å². The van der Waals surface area contributed by atoms with Crippen LogP contribution < -0.4 is 10.6 Å². The molecule has 1 amide bonds. The molecule has 2 aliphatic heterocycles. The van der Waals surface area contributed by atoms with Crippen LogP contribution in [-0.2, 0) is 14.3 Å². The first-order valence-corrected chi connectivity index (χ1v) is 10.2. The van der Waals surface area contributed by atoms with Gasteiger partial charge in [-0.15, -0.1) is 24.0 Å². The summed E-state index contributed by atoms with van der Waals surface area (Å²) in [4.78, 5) is 18.3. The van der Waals surface area contributed by atoms with Gasteiger partial charge in [-0.3, -0.25) is 9.79 Å². The fraction of sp³-hybridized carbons (Fsp3) is 0.895. The largest absolute Gasteiger partial charge is 0.376 e. The highest BCUT2D eigenvalue weighted by atomic mass is 127. The first kappa shape index (κ1) is 24.4. The molecule has 2 saturated heterocycles. The van der Waals surface area contributed by atoms with Crippen molar-refractivity contribution in [2.45, 2.75) is 64.1 Å². The van der Waals surface area contributed by atoms with Crippen molar-refractivity contribution in [3.63, 3.8) is 0 Å². The van der Waals surface area contributed by atoms with E-state index in [0.717, 1.165) is 64.5 Å². The molecule has 8 heteroatoms. The molecule has 2 fully saturated rings. The number of nitrogens with one attached hydrogen (secondary N) is 2. The molecule has 1 atom stereocenters. The van der Waals surface area contributed by atoms with Crippen LogP contribution in [0.15, 0.2) is 4.99 Å². The highest BCUT2D eigenvalue weighted by molar-refractivity contribution is 14.0. The molecular weight excluding hydrogens is 459 g/mol. The molecule has 2 heterocycles. The number of carbonyl (C=O) groups excluding carboxylic acids is 1. The van der Waals surface area contributed by atoms with Gasteiger partial charge in [0.2, 0.25) is 5.91 Å². The zero-order valence-corrected chi connectivity index (χ0v) is 19.2. The Hall–Kier alpha value is -0.610. The maximum Gasteiger partial charge on any atom is 0.221 e. The van der Waals surface area contributed by atoms with Crippen molar-refractivity contribution in [3.8, 4) is 0 Å². The highest BCUT2D eigenvalue weighted by Gasteiger charge is 2.23. The summed E-state index contributed by atoms with van der Waals surface area (Å²) in [5.41, 5.74) is 0. The Morgan fingerprint density at radius 2 is 1.96 bits per heavy atom. The first-order chi connectivity index (χ1) is 12.7. The van der Waals surface area contributed by atoms with Gasteiger partial charge in [0.25, 0.3) is 0 Å². The Kier molecular flexibility index (Phi) is 13.0. The zero-order valence-electron chi connectivity index (χ0n) is 16.9. The number of aliphatic imine (C=N–C) groups is 1. The van der Waals surface area contributed by atoms with Crippen molar-refractivity contribution in [2.75, 3.05) is 46.4 Å². The fourth-order valence-electron chi connectivity index (χ4n) is 3.39. The number of hydrogen-bond acceptors (Lipinski definition) is 4. The van der Waals surface area contributed by atoms with Gasteiger partial charge >= 0.3 is 0 Å². The van der Waals surface area contributed by atoms with E-state index in [1.54, 1.807) is 7.05 Å². The van der Waals surface area contributed by atoms with Crippen LogP contribution in [0, 0.1) is 0 Å². The van der Waals surface area contributed by atoms with Crippen molar-refractivity contribution in [1.82, 2.24) is 15.5 Å². The Bertz CT molecular complexity index is 437. The lowest BCUT2D eigenvalue weighted by Crippen LogP contribution is -2.47. The van der Waals surface area contributed by atoms with Gasteiger partial charge in [-0.2, -0.15) is 0 Å². The predicted molar refractivity (Wildman–Crippen MR) is 119 cm³/mol. The molecule has 27 heavy (non-hydrogen) atoms. The van der Waals surface area contributed by atoms with E-state index in [1.807, 2.05) is 0 Å². The molecule has 7 nitrogen and oxygen atoms in total. The summed E-state index contributed by atoms with van der Waals surface area (Å²) < 4.78 is 11.8. The molecule has 1 unspecified atom stereocenters. The number of hydrogen-bond donors (Lipinski definition) is 2. The van der Waals surface area contributed by atoms with Crippen LogP contribution in [0.4, 0.5) is 0 Å². The molecule has 0 aromatic heterocycles. The molecule has 0 aromatic rings. The molecule has 0 spiro atoms. The number of ether oxygens (including phenoxy) is 2. The Morgan fingerprint density at radius 3 is 2.59 bits per heavy atom. The van der Waals surface area contributed by atoms with E-state index in [-0.39, 0.29) is 36.0 Å². The molecule has 0 saturated carbocycles. The van der Waals surface area contributed by atoms with Crippen LogP contribution in [0.25, 0.3) is 0 Å². The van der Waals surface area contributed by atoms with E-state index in [9.17, 15) is 4.79 Å². The lowest BCUT2D eigenvalue weighted by molar-refractivity contribution is -0.120. The zero-order chi connectivity index (χ0) is 18.6. The number of likely N-dealkylation sites (tertiary alicyclic amines) is 1. The number of halogens is 1. The number of rotatable bonds is 8. The Balaban J connectivity index is 0.00000364. The third-order valence-corrected chi connectivity index (χ3v) is 4.95. The summed E-state index contributed by atoms with van der Waals surface area (Å²) in [5.74, 6) is 0.967.